The van der Waals surface area contributed by atoms with Crippen molar-refractivity contribution in [2.45, 2.75) is 33.2 Å². The third-order valence-electron chi connectivity index (χ3n) is 5.61. The number of aryl methyl sites for hydroxylation is 2. The lowest BCUT2D eigenvalue weighted by Crippen LogP contribution is -2.37. The van der Waals surface area contributed by atoms with Gasteiger partial charge in [-0.15, -0.1) is 0 Å². The van der Waals surface area contributed by atoms with E-state index in [4.69, 9.17) is 9.05 Å². The summed E-state index contributed by atoms with van der Waals surface area (Å²) in [5.74, 6) is 0.322. The molecule has 6 nitrogen and oxygen atoms in total. The molecule has 1 aliphatic rings. The fraction of sp³-hybridized carbons (Fsp3) is 0.261. The molecule has 0 radical (unpaired) electrons. The van der Waals surface area contributed by atoms with Crippen LogP contribution in [0.5, 0.6) is 0 Å². The number of halogens is 1. The Labute approximate surface area is 172 Å². The molecule has 7 heteroatoms. The van der Waals surface area contributed by atoms with Crippen molar-refractivity contribution in [2.75, 3.05) is 6.54 Å². The minimum Gasteiger partial charge on any atom is -0.356 e. The Morgan fingerprint density at radius 1 is 1.13 bits per heavy atom. The van der Waals surface area contributed by atoms with E-state index in [1.54, 1.807) is 17.0 Å². The zero-order valence-corrected chi connectivity index (χ0v) is 16.7. The maximum absolute atomic E-state index is 13.2. The Morgan fingerprint density at radius 3 is 2.73 bits per heavy atom. The maximum atomic E-state index is 13.2. The van der Waals surface area contributed by atoms with E-state index >= 15 is 0 Å². The van der Waals surface area contributed by atoms with Gasteiger partial charge < -0.3 is 13.9 Å². The lowest BCUT2D eigenvalue weighted by Gasteiger charge is -2.25. The highest BCUT2D eigenvalue weighted by molar-refractivity contribution is 5.89. The van der Waals surface area contributed by atoms with E-state index in [2.05, 4.69) is 16.4 Å². The second-order valence-corrected chi connectivity index (χ2v) is 7.77. The van der Waals surface area contributed by atoms with E-state index in [1.807, 2.05) is 19.9 Å². The minimum atomic E-state index is -0.297. The molecule has 0 bridgehead atoms. The van der Waals surface area contributed by atoms with Crippen molar-refractivity contribution in [3.8, 4) is 11.3 Å². The zero-order valence-electron chi connectivity index (χ0n) is 16.7. The van der Waals surface area contributed by atoms with Gasteiger partial charge in [-0.25, -0.2) is 4.39 Å². The average molecular weight is 405 g/mol. The van der Waals surface area contributed by atoms with Crippen LogP contribution in [0.25, 0.3) is 22.3 Å². The molecule has 0 spiro atoms. The fourth-order valence-corrected chi connectivity index (χ4v) is 4.17. The highest BCUT2D eigenvalue weighted by atomic mass is 19.1. The van der Waals surface area contributed by atoms with Crippen molar-refractivity contribution >= 4 is 16.9 Å². The Bertz CT molecular complexity index is 1260. The Morgan fingerprint density at radius 2 is 1.93 bits per heavy atom. The van der Waals surface area contributed by atoms with Crippen molar-refractivity contribution in [1.29, 1.82) is 0 Å². The minimum absolute atomic E-state index is 0.0258. The molecule has 0 atom stereocenters. The standard InChI is InChI=1S/C23H20FN3O3/c1-13-9-14(2)22-18(25-29-20(22)10-13)11-21(28)27-8-7-17-19(12-27)26-30-23(17)15-3-5-16(24)6-4-15/h3-6,9-10H,7-8,11-12H2,1-2H3. The first-order chi connectivity index (χ1) is 14.5. The quantitative estimate of drug-likeness (QED) is 0.506. The molecular weight excluding hydrogens is 385 g/mol. The van der Waals surface area contributed by atoms with Crippen molar-refractivity contribution in [2.24, 2.45) is 0 Å². The maximum Gasteiger partial charge on any atom is 0.229 e. The number of nitrogens with zero attached hydrogens (tertiary/aromatic N) is 3. The van der Waals surface area contributed by atoms with E-state index in [0.29, 0.717) is 36.5 Å². The summed E-state index contributed by atoms with van der Waals surface area (Å²) in [4.78, 5) is 14.7. The van der Waals surface area contributed by atoms with Gasteiger partial charge in [0.05, 0.1) is 13.0 Å². The van der Waals surface area contributed by atoms with E-state index in [1.165, 1.54) is 12.1 Å². The summed E-state index contributed by atoms with van der Waals surface area (Å²) in [6, 6.07) is 10.1. The summed E-state index contributed by atoms with van der Waals surface area (Å²) in [5, 5.41) is 9.21. The van der Waals surface area contributed by atoms with Crippen molar-refractivity contribution in [3.05, 3.63) is 70.3 Å². The number of hydrogen-bond acceptors (Lipinski definition) is 5. The van der Waals surface area contributed by atoms with Crippen LogP contribution < -0.4 is 0 Å². The molecule has 1 aliphatic heterocycles. The molecule has 0 saturated carbocycles. The van der Waals surface area contributed by atoms with Crippen LogP contribution in [0.2, 0.25) is 0 Å². The van der Waals surface area contributed by atoms with Crippen LogP contribution in [0.3, 0.4) is 0 Å². The molecule has 0 N–H and O–H groups in total. The molecule has 30 heavy (non-hydrogen) atoms. The van der Waals surface area contributed by atoms with Gasteiger partial charge in [0.15, 0.2) is 11.3 Å². The van der Waals surface area contributed by atoms with Gasteiger partial charge in [0.1, 0.15) is 17.2 Å². The average Bonchev–Trinajstić information content (AvgIpc) is 3.32. The highest BCUT2D eigenvalue weighted by Gasteiger charge is 2.28. The number of aromatic nitrogens is 2. The topological polar surface area (TPSA) is 72.4 Å². The third kappa shape index (κ3) is 3.16. The lowest BCUT2D eigenvalue weighted by atomic mass is 10.00. The lowest BCUT2D eigenvalue weighted by molar-refractivity contribution is -0.131. The van der Waals surface area contributed by atoms with Gasteiger partial charge in [0.25, 0.3) is 0 Å². The van der Waals surface area contributed by atoms with E-state index < -0.39 is 0 Å². The van der Waals surface area contributed by atoms with Gasteiger partial charge in [-0.2, -0.15) is 0 Å². The number of carbonyl (C=O) groups excluding carboxylic acids is 1. The van der Waals surface area contributed by atoms with Gasteiger partial charge in [0, 0.05) is 23.1 Å². The molecule has 152 valence electrons. The molecule has 1 amide bonds. The van der Waals surface area contributed by atoms with Gasteiger partial charge in [-0.05, 0) is 61.7 Å². The number of hydrogen-bond donors (Lipinski definition) is 0. The summed E-state index contributed by atoms with van der Waals surface area (Å²) in [6.07, 6.45) is 0.809. The first-order valence-corrected chi connectivity index (χ1v) is 9.86. The van der Waals surface area contributed by atoms with E-state index in [0.717, 1.165) is 33.3 Å². The summed E-state index contributed by atoms with van der Waals surface area (Å²) in [5.41, 5.74) is 6.01. The van der Waals surface area contributed by atoms with Crippen LogP contribution in [0.1, 0.15) is 28.1 Å². The predicted molar refractivity (Wildman–Crippen MR) is 108 cm³/mol. The van der Waals surface area contributed by atoms with Crippen LogP contribution in [0.15, 0.2) is 45.4 Å². The first kappa shape index (κ1) is 18.5. The molecule has 0 fully saturated rings. The van der Waals surface area contributed by atoms with Crippen LogP contribution in [0, 0.1) is 19.7 Å². The fourth-order valence-electron chi connectivity index (χ4n) is 4.17. The molecule has 0 unspecified atom stereocenters. The SMILES string of the molecule is Cc1cc(C)c2c(CC(=O)N3CCc4c(noc4-c4ccc(F)cc4)C3)noc2c1. The van der Waals surface area contributed by atoms with E-state index in [9.17, 15) is 9.18 Å². The van der Waals surface area contributed by atoms with Crippen LogP contribution >= 0.6 is 0 Å². The molecule has 0 saturated heterocycles. The Hall–Kier alpha value is -3.48. The number of fused-ring (bicyclic) bond motifs is 2. The number of amides is 1. The van der Waals surface area contributed by atoms with Gasteiger partial charge in [0.2, 0.25) is 5.91 Å². The van der Waals surface area contributed by atoms with Crippen molar-refractivity contribution in [1.82, 2.24) is 15.2 Å². The summed E-state index contributed by atoms with van der Waals surface area (Å²) in [6.45, 7) is 4.95. The summed E-state index contributed by atoms with van der Waals surface area (Å²) < 4.78 is 24.2. The van der Waals surface area contributed by atoms with Gasteiger partial charge >= 0.3 is 0 Å². The highest BCUT2D eigenvalue weighted by Crippen LogP contribution is 2.31. The second kappa shape index (κ2) is 7.09. The normalized spacial score (nSPS) is 13.6. The van der Waals surface area contributed by atoms with Crippen LogP contribution in [0.4, 0.5) is 4.39 Å². The van der Waals surface area contributed by atoms with Crippen molar-refractivity contribution < 1.29 is 18.2 Å². The Kier molecular flexibility index (Phi) is 4.38. The Balaban J connectivity index is 1.36. The van der Waals surface area contributed by atoms with Crippen LogP contribution in [-0.4, -0.2) is 27.7 Å². The number of carbonyl (C=O) groups is 1. The second-order valence-electron chi connectivity index (χ2n) is 7.77. The molecule has 4 aromatic rings. The number of rotatable bonds is 3. The third-order valence-corrected chi connectivity index (χ3v) is 5.61. The smallest absolute Gasteiger partial charge is 0.229 e. The largest absolute Gasteiger partial charge is 0.356 e. The summed E-state index contributed by atoms with van der Waals surface area (Å²) in [7, 11) is 0. The van der Waals surface area contributed by atoms with Gasteiger partial charge in [-0.1, -0.05) is 16.4 Å². The molecule has 5 rings (SSSR count). The number of benzene rings is 2. The molecule has 0 aliphatic carbocycles. The molecular formula is C23H20FN3O3. The summed E-state index contributed by atoms with van der Waals surface area (Å²) >= 11 is 0. The van der Waals surface area contributed by atoms with Crippen molar-refractivity contribution in [3.63, 3.8) is 0 Å². The molecule has 2 aromatic carbocycles. The first-order valence-electron chi connectivity index (χ1n) is 9.86. The van der Waals surface area contributed by atoms with Gasteiger partial charge in [-0.3, -0.25) is 4.79 Å². The molecule has 2 aromatic heterocycles. The zero-order chi connectivity index (χ0) is 20.8. The predicted octanol–water partition coefficient (Wildman–Crippen LogP) is 4.37. The molecule has 3 heterocycles. The van der Waals surface area contributed by atoms with Crippen LogP contribution in [-0.2, 0) is 24.2 Å². The monoisotopic (exact) mass is 405 g/mol. The van der Waals surface area contributed by atoms with E-state index in [-0.39, 0.29) is 18.1 Å².